The van der Waals surface area contributed by atoms with E-state index in [0.717, 1.165) is 29.5 Å². The quantitative estimate of drug-likeness (QED) is 0.774. The average Bonchev–Trinajstić information content (AvgIpc) is 2.65. The van der Waals surface area contributed by atoms with Crippen molar-refractivity contribution >= 4 is 0 Å². The van der Waals surface area contributed by atoms with E-state index in [0.29, 0.717) is 11.3 Å². The molecule has 0 bridgehead atoms. The highest BCUT2D eigenvalue weighted by Crippen LogP contribution is 2.40. The Hall–Kier alpha value is -1.61. The maximum atomic E-state index is 11.6. The van der Waals surface area contributed by atoms with Crippen LogP contribution >= 0.6 is 0 Å². The van der Waals surface area contributed by atoms with Crippen LogP contribution in [-0.4, -0.2) is 5.11 Å². The second-order valence-corrected chi connectivity index (χ2v) is 5.43. The lowest BCUT2D eigenvalue weighted by molar-refractivity contribution is 0.0595. The summed E-state index contributed by atoms with van der Waals surface area (Å²) in [6, 6.07) is 3.83. The third kappa shape index (κ3) is 1.44. The van der Waals surface area contributed by atoms with Gasteiger partial charge in [-0.1, -0.05) is 0 Å². The first-order valence-electron chi connectivity index (χ1n) is 6.20. The molecular formula is C15H16O3. The van der Waals surface area contributed by atoms with Crippen LogP contribution in [0.4, 0.5) is 0 Å². The Morgan fingerprint density at radius 2 is 2.06 bits per heavy atom. The summed E-state index contributed by atoms with van der Waals surface area (Å²) in [5.74, 6) is 0.611. The van der Waals surface area contributed by atoms with Crippen LogP contribution in [0.2, 0.25) is 0 Å². The number of hydrogen-bond acceptors (Lipinski definition) is 3. The fraction of sp³-hybridized carbons (Fsp3) is 0.400. The normalized spacial score (nSPS) is 22.4. The van der Waals surface area contributed by atoms with E-state index in [-0.39, 0.29) is 5.63 Å². The summed E-state index contributed by atoms with van der Waals surface area (Å²) in [6.07, 6.45) is 1.60. The van der Waals surface area contributed by atoms with Gasteiger partial charge in [-0.25, -0.2) is 4.79 Å². The van der Waals surface area contributed by atoms with E-state index < -0.39 is 5.60 Å². The molecule has 94 valence electrons. The minimum absolute atomic E-state index is 0.290. The molecule has 0 unspecified atom stereocenters. The lowest BCUT2D eigenvalue weighted by atomic mass is 9.98. The molecule has 1 heterocycles. The number of furan rings is 1. The van der Waals surface area contributed by atoms with Gasteiger partial charge in [0.1, 0.15) is 5.76 Å². The Morgan fingerprint density at radius 3 is 2.78 bits per heavy atom. The number of rotatable bonds is 0. The molecular weight excluding hydrogens is 228 g/mol. The van der Waals surface area contributed by atoms with Crippen molar-refractivity contribution in [3.8, 4) is 11.3 Å². The first kappa shape index (κ1) is 11.5. The summed E-state index contributed by atoms with van der Waals surface area (Å²) >= 11 is 0. The van der Waals surface area contributed by atoms with Gasteiger partial charge < -0.3 is 9.52 Å². The minimum Gasteiger partial charge on any atom is -0.422 e. The van der Waals surface area contributed by atoms with Gasteiger partial charge in [0.25, 0.3) is 0 Å². The van der Waals surface area contributed by atoms with Gasteiger partial charge in [-0.2, -0.15) is 0 Å². The maximum Gasteiger partial charge on any atom is 0.339 e. The molecule has 0 radical (unpaired) electrons. The highest BCUT2D eigenvalue weighted by atomic mass is 16.4. The molecule has 0 aromatic heterocycles. The van der Waals surface area contributed by atoms with E-state index >= 15 is 0 Å². The zero-order chi connectivity index (χ0) is 13.1. The summed E-state index contributed by atoms with van der Waals surface area (Å²) < 4.78 is 5.25. The average molecular weight is 244 g/mol. The Bertz CT molecular complexity index is 664. The molecule has 3 rings (SSSR count). The van der Waals surface area contributed by atoms with Crippen molar-refractivity contribution in [1.82, 2.24) is 0 Å². The van der Waals surface area contributed by atoms with E-state index in [1.807, 2.05) is 26.0 Å². The largest absolute Gasteiger partial charge is 0.422 e. The second kappa shape index (κ2) is 3.45. The molecule has 3 heteroatoms. The van der Waals surface area contributed by atoms with Gasteiger partial charge in [0, 0.05) is 11.1 Å². The molecule has 0 aromatic rings. The van der Waals surface area contributed by atoms with Crippen LogP contribution in [0.25, 0.3) is 11.3 Å². The molecule has 2 aliphatic carbocycles. The molecule has 3 nitrogen and oxygen atoms in total. The lowest BCUT2D eigenvalue weighted by Gasteiger charge is -2.16. The highest BCUT2D eigenvalue weighted by molar-refractivity contribution is 5.66. The van der Waals surface area contributed by atoms with E-state index in [1.54, 1.807) is 6.92 Å². The zero-order valence-corrected chi connectivity index (χ0v) is 10.8. The summed E-state index contributed by atoms with van der Waals surface area (Å²) in [4.78, 5) is 11.6. The topological polar surface area (TPSA) is 50.4 Å². The van der Waals surface area contributed by atoms with Crippen molar-refractivity contribution in [2.75, 3.05) is 0 Å². The van der Waals surface area contributed by atoms with Crippen molar-refractivity contribution in [1.29, 1.82) is 0 Å². The number of fused-ring (bicyclic) bond motifs is 2. The first-order valence-corrected chi connectivity index (χ1v) is 6.20. The lowest BCUT2D eigenvalue weighted by Crippen LogP contribution is -2.16. The maximum absolute atomic E-state index is 11.6. The molecule has 18 heavy (non-hydrogen) atoms. The van der Waals surface area contributed by atoms with Crippen LogP contribution in [0.3, 0.4) is 0 Å². The van der Waals surface area contributed by atoms with Crippen LogP contribution in [0, 0.1) is 13.8 Å². The molecule has 1 atom stereocenters. The number of hydrogen-bond donors (Lipinski definition) is 1. The molecule has 3 aliphatic rings. The van der Waals surface area contributed by atoms with Gasteiger partial charge in [0.05, 0.1) is 5.60 Å². The van der Waals surface area contributed by atoms with Gasteiger partial charge in [-0.15, -0.1) is 0 Å². The van der Waals surface area contributed by atoms with Crippen LogP contribution in [0.5, 0.6) is 0 Å². The van der Waals surface area contributed by atoms with Crippen molar-refractivity contribution in [2.24, 2.45) is 0 Å². The van der Waals surface area contributed by atoms with Crippen LogP contribution in [0.1, 0.15) is 35.6 Å². The fourth-order valence-corrected chi connectivity index (χ4v) is 2.86. The van der Waals surface area contributed by atoms with Crippen molar-refractivity contribution in [2.45, 2.75) is 39.2 Å². The van der Waals surface area contributed by atoms with Crippen molar-refractivity contribution < 1.29 is 9.52 Å². The summed E-state index contributed by atoms with van der Waals surface area (Å²) in [6.45, 7) is 5.60. The van der Waals surface area contributed by atoms with E-state index in [2.05, 4.69) is 0 Å². The van der Waals surface area contributed by atoms with Gasteiger partial charge in [0.15, 0.2) is 0 Å². The summed E-state index contributed by atoms with van der Waals surface area (Å²) in [7, 11) is 0. The predicted molar refractivity (Wildman–Crippen MR) is 69.0 cm³/mol. The molecule has 1 N–H and O–H groups in total. The Kier molecular flexibility index (Phi) is 2.20. The van der Waals surface area contributed by atoms with E-state index in [1.165, 1.54) is 5.56 Å². The Labute approximate surface area is 105 Å². The van der Waals surface area contributed by atoms with Crippen LogP contribution in [-0.2, 0) is 12.0 Å². The third-order valence-corrected chi connectivity index (χ3v) is 4.06. The molecule has 0 spiro atoms. The molecule has 0 amide bonds. The monoisotopic (exact) mass is 244 g/mol. The minimum atomic E-state index is -0.807. The standard InChI is InChI=1S/C15H16O3/c1-8-6-13-11(9(2)14(16)18-13)7-12-10(8)4-5-15(12,3)17/h6-7,17H,4-5H2,1-3H3/t15-/m0/s1. The first-order chi connectivity index (χ1) is 8.40. The number of aryl methyl sites for hydroxylation is 1. The predicted octanol–water partition coefficient (Wildman–Crippen LogP) is 2.52. The van der Waals surface area contributed by atoms with E-state index in [9.17, 15) is 9.90 Å². The third-order valence-electron chi connectivity index (χ3n) is 4.06. The number of aliphatic hydroxyl groups is 1. The second-order valence-electron chi connectivity index (χ2n) is 5.43. The summed E-state index contributed by atoms with van der Waals surface area (Å²) in [5, 5.41) is 10.4. The van der Waals surface area contributed by atoms with Crippen molar-refractivity contribution in [3.05, 3.63) is 44.8 Å². The molecule has 1 aliphatic heterocycles. The van der Waals surface area contributed by atoms with Crippen molar-refractivity contribution in [3.63, 3.8) is 0 Å². The zero-order valence-electron chi connectivity index (χ0n) is 10.8. The summed E-state index contributed by atoms with van der Waals surface area (Å²) in [5.41, 5.74) is 3.52. The molecule has 0 saturated heterocycles. The SMILES string of the molecule is Cc1cc2oc(=O)c(C)c-2cc2c1CC[C@]2(C)O. The van der Waals surface area contributed by atoms with E-state index in [4.69, 9.17) is 4.42 Å². The molecule has 0 fully saturated rings. The van der Waals surface area contributed by atoms with Gasteiger partial charge >= 0.3 is 5.63 Å². The Morgan fingerprint density at radius 1 is 1.33 bits per heavy atom. The Balaban J connectivity index is 2.44. The van der Waals surface area contributed by atoms with Gasteiger partial charge in [-0.3, -0.25) is 0 Å². The molecule has 0 saturated carbocycles. The van der Waals surface area contributed by atoms with Gasteiger partial charge in [-0.05, 0) is 62.4 Å². The highest BCUT2D eigenvalue weighted by Gasteiger charge is 2.33. The van der Waals surface area contributed by atoms with Gasteiger partial charge in [0.2, 0.25) is 0 Å². The van der Waals surface area contributed by atoms with Crippen LogP contribution in [0.15, 0.2) is 21.3 Å². The van der Waals surface area contributed by atoms with Crippen LogP contribution < -0.4 is 5.63 Å². The smallest absolute Gasteiger partial charge is 0.339 e. The fourth-order valence-electron chi connectivity index (χ4n) is 2.86. The molecule has 0 aromatic carbocycles.